The van der Waals surface area contributed by atoms with Crippen molar-refractivity contribution in [2.75, 3.05) is 14.2 Å². The Morgan fingerprint density at radius 2 is 2.00 bits per heavy atom. The van der Waals surface area contributed by atoms with Crippen LogP contribution in [0.2, 0.25) is 0 Å². The van der Waals surface area contributed by atoms with E-state index < -0.39 is 30.3 Å². The molecule has 8 nitrogen and oxygen atoms in total. The van der Waals surface area contributed by atoms with Crippen LogP contribution < -0.4 is 29.1 Å². The number of alkyl halides is 2. The normalized spacial score (nSPS) is 22.5. The van der Waals surface area contributed by atoms with E-state index in [0.29, 0.717) is 26.2 Å². The molecule has 1 aromatic heterocycles. The fraction of sp³-hybridized carbons (Fsp3) is 0.292. The highest BCUT2D eigenvalue weighted by atomic mass is 32.1. The van der Waals surface area contributed by atoms with E-state index in [1.807, 2.05) is 18.2 Å². The molecule has 0 N–H and O–H groups in total. The maximum absolute atomic E-state index is 13.6. The molecule has 35 heavy (non-hydrogen) atoms. The first-order valence-corrected chi connectivity index (χ1v) is 11.4. The van der Waals surface area contributed by atoms with E-state index in [-0.39, 0.29) is 17.1 Å². The van der Waals surface area contributed by atoms with Crippen molar-refractivity contribution in [1.29, 1.82) is 0 Å². The first-order chi connectivity index (χ1) is 16.8. The summed E-state index contributed by atoms with van der Waals surface area (Å²) < 4.78 is 47.9. The van der Waals surface area contributed by atoms with Gasteiger partial charge in [0.1, 0.15) is 11.7 Å². The van der Waals surface area contributed by atoms with Crippen LogP contribution in [0.5, 0.6) is 17.2 Å². The van der Waals surface area contributed by atoms with E-state index in [9.17, 15) is 18.4 Å². The summed E-state index contributed by atoms with van der Waals surface area (Å²) in [5.41, 5.74) is -0.399. The third-order valence-electron chi connectivity index (χ3n) is 6.04. The topological polar surface area (TPSA) is 88.4 Å². The second kappa shape index (κ2) is 8.49. The zero-order valence-electron chi connectivity index (χ0n) is 18.9. The fourth-order valence-corrected chi connectivity index (χ4v) is 5.65. The molecule has 3 heterocycles. The third-order valence-corrected chi connectivity index (χ3v) is 7.02. The van der Waals surface area contributed by atoms with Gasteiger partial charge in [-0.15, -0.1) is 0 Å². The van der Waals surface area contributed by atoms with Gasteiger partial charge in [-0.2, -0.15) is 8.78 Å². The molecule has 0 spiro atoms. The Bertz CT molecular complexity index is 1500. The molecular weight excluding hydrogens is 482 g/mol. The van der Waals surface area contributed by atoms with Gasteiger partial charge in [0.2, 0.25) is 5.72 Å². The highest BCUT2D eigenvalue weighted by Gasteiger charge is 2.55. The average Bonchev–Trinajstić information content (AvgIpc) is 3.11. The predicted molar refractivity (Wildman–Crippen MR) is 122 cm³/mol. The van der Waals surface area contributed by atoms with E-state index in [4.69, 9.17) is 14.2 Å². The molecular formula is C24H20F2N2O6S. The molecule has 0 radical (unpaired) electrons. The van der Waals surface area contributed by atoms with Crippen LogP contribution in [0.25, 0.3) is 6.08 Å². The van der Waals surface area contributed by atoms with Crippen LogP contribution in [-0.2, 0) is 9.53 Å². The Kier molecular flexibility index (Phi) is 5.59. The molecule has 0 fully saturated rings. The quantitative estimate of drug-likeness (QED) is 0.498. The van der Waals surface area contributed by atoms with Crippen LogP contribution >= 0.6 is 11.3 Å². The molecule has 2 aliphatic rings. The zero-order valence-corrected chi connectivity index (χ0v) is 19.7. The first-order valence-electron chi connectivity index (χ1n) is 10.6. The molecule has 0 aliphatic carbocycles. The summed E-state index contributed by atoms with van der Waals surface area (Å²) in [7, 11) is 2.62. The second-order valence-corrected chi connectivity index (χ2v) is 9.12. The lowest BCUT2D eigenvalue weighted by Crippen LogP contribution is -2.58. The van der Waals surface area contributed by atoms with E-state index in [1.165, 1.54) is 37.0 Å². The number of methoxy groups -OCH3 is 2. The number of hydrogen-bond donors (Lipinski definition) is 0. The SMILES string of the molecule is COC(=O)[C@@H]1[C@H]2c3ccccc3O[C@@]1(C)N=c1s/c(=C\c3ccc(OC(F)F)c(OC)c3)c(=O)n12. The number of fused-ring (bicyclic) bond motifs is 6. The Labute approximate surface area is 201 Å². The molecule has 0 unspecified atom stereocenters. The van der Waals surface area contributed by atoms with Gasteiger partial charge in [0.25, 0.3) is 5.56 Å². The average molecular weight is 502 g/mol. The predicted octanol–water partition coefficient (Wildman–Crippen LogP) is 2.47. The lowest BCUT2D eigenvalue weighted by molar-refractivity contribution is -0.158. The summed E-state index contributed by atoms with van der Waals surface area (Å²) >= 11 is 1.14. The van der Waals surface area contributed by atoms with E-state index >= 15 is 0 Å². The van der Waals surface area contributed by atoms with Gasteiger partial charge >= 0.3 is 12.6 Å². The minimum absolute atomic E-state index is 0.0987. The minimum atomic E-state index is -3.00. The van der Waals surface area contributed by atoms with Crippen molar-refractivity contribution in [3.63, 3.8) is 0 Å². The van der Waals surface area contributed by atoms with Gasteiger partial charge in [-0.3, -0.25) is 14.2 Å². The molecule has 2 aromatic carbocycles. The number of rotatable bonds is 5. The Hall–Kier alpha value is -3.73. The van der Waals surface area contributed by atoms with Crippen molar-refractivity contribution in [3.05, 3.63) is 73.3 Å². The van der Waals surface area contributed by atoms with Crippen LogP contribution in [-0.4, -0.2) is 37.1 Å². The second-order valence-electron chi connectivity index (χ2n) is 8.11. The minimum Gasteiger partial charge on any atom is -0.493 e. The van der Waals surface area contributed by atoms with Crippen molar-refractivity contribution in [3.8, 4) is 17.2 Å². The molecule has 0 saturated heterocycles. The van der Waals surface area contributed by atoms with Gasteiger partial charge in [-0.05, 0) is 36.8 Å². The molecule has 11 heteroatoms. The summed E-state index contributed by atoms with van der Waals surface area (Å²) in [6, 6.07) is 10.9. The number of carbonyl (C=O) groups excluding carboxylic acids is 1. The maximum atomic E-state index is 13.6. The fourth-order valence-electron chi connectivity index (χ4n) is 4.55. The largest absolute Gasteiger partial charge is 0.493 e. The van der Waals surface area contributed by atoms with E-state index in [2.05, 4.69) is 9.73 Å². The molecule has 182 valence electrons. The number of thiazole rings is 1. The van der Waals surface area contributed by atoms with Crippen LogP contribution in [0.1, 0.15) is 24.1 Å². The Morgan fingerprint density at radius 1 is 1.23 bits per heavy atom. The lowest BCUT2D eigenvalue weighted by Gasteiger charge is -2.44. The summed E-state index contributed by atoms with van der Waals surface area (Å²) in [5, 5.41) is 0. The number of halogens is 2. The highest BCUT2D eigenvalue weighted by molar-refractivity contribution is 7.07. The van der Waals surface area contributed by atoms with E-state index in [0.717, 1.165) is 11.3 Å². The summed E-state index contributed by atoms with van der Waals surface area (Å²) in [4.78, 5) is 31.5. The molecule has 3 aromatic rings. The van der Waals surface area contributed by atoms with Crippen molar-refractivity contribution < 1.29 is 32.5 Å². The number of nitrogens with zero attached hydrogens (tertiary/aromatic N) is 2. The lowest BCUT2D eigenvalue weighted by atomic mass is 9.81. The van der Waals surface area contributed by atoms with Gasteiger partial charge in [0.15, 0.2) is 16.3 Å². The monoisotopic (exact) mass is 502 g/mol. The van der Waals surface area contributed by atoms with Crippen LogP contribution in [0.3, 0.4) is 0 Å². The van der Waals surface area contributed by atoms with Crippen LogP contribution in [0, 0.1) is 5.92 Å². The number of hydrogen-bond acceptors (Lipinski definition) is 8. The van der Waals surface area contributed by atoms with Gasteiger partial charge in [0, 0.05) is 5.56 Å². The van der Waals surface area contributed by atoms with Crippen LogP contribution in [0.4, 0.5) is 8.78 Å². The highest BCUT2D eigenvalue weighted by Crippen LogP contribution is 2.47. The third kappa shape index (κ3) is 3.75. The molecule has 0 saturated carbocycles. The zero-order chi connectivity index (χ0) is 24.9. The molecule has 5 rings (SSSR count). The van der Waals surface area contributed by atoms with E-state index in [1.54, 1.807) is 19.1 Å². The van der Waals surface area contributed by atoms with Crippen molar-refractivity contribution >= 4 is 23.4 Å². The summed E-state index contributed by atoms with van der Waals surface area (Å²) in [6.45, 7) is -1.30. The standard InChI is InChI=1S/C24H20F2N2O6S/c1-24-18(21(30)32-3)19(13-6-4-5-7-14(13)34-24)28-20(29)17(35-23(28)27-24)11-12-8-9-15(33-22(25)26)16(10-12)31-2/h4-11,18-19,22H,1-3H3/b17-11-/t18-,19+,24+/m0/s1. The first kappa shape index (κ1) is 23.0. The Morgan fingerprint density at radius 3 is 2.71 bits per heavy atom. The van der Waals surface area contributed by atoms with Gasteiger partial charge in [-0.25, -0.2) is 4.99 Å². The van der Waals surface area contributed by atoms with Crippen molar-refractivity contribution in [2.45, 2.75) is 25.3 Å². The summed E-state index contributed by atoms with van der Waals surface area (Å²) in [5.74, 6) is -0.891. The van der Waals surface area contributed by atoms with Gasteiger partial charge in [0.05, 0.1) is 24.8 Å². The number of benzene rings is 2. The van der Waals surface area contributed by atoms with Gasteiger partial charge < -0.3 is 18.9 Å². The Balaban J connectivity index is 1.69. The molecule has 0 amide bonds. The summed E-state index contributed by atoms with van der Waals surface area (Å²) in [6.07, 6.45) is 1.61. The number of aromatic nitrogens is 1. The number of carbonyl (C=O) groups is 1. The number of ether oxygens (including phenoxy) is 4. The number of para-hydroxylation sites is 1. The smallest absolute Gasteiger partial charge is 0.387 e. The molecule has 2 bridgehead atoms. The maximum Gasteiger partial charge on any atom is 0.387 e. The van der Waals surface area contributed by atoms with Crippen molar-refractivity contribution in [2.24, 2.45) is 10.9 Å². The molecule has 3 atom stereocenters. The van der Waals surface area contributed by atoms with Gasteiger partial charge in [-0.1, -0.05) is 35.6 Å². The molecule has 2 aliphatic heterocycles. The van der Waals surface area contributed by atoms with Crippen molar-refractivity contribution in [1.82, 2.24) is 4.57 Å². The van der Waals surface area contributed by atoms with Crippen LogP contribution in [0.15, 0.2) is 52.3 Å². The number of esters is 1.